The Balaban J connectivity index is 2.40. The number of carbonyl (C=O) groups is 1. The molecule has 92 valence electrons. The molecular formula is C12H22N2O2. The number of hydrogen-bond donors (Lipinski definition) is 2. The Morgan fingerprint density at radius 3 is 2.88 bits per heavy atom. The Morgan fingerprint density at radius 1 is 1.69 bits per heavy atom. The van der Waals surface area contributed by atoms with Crippen LogP contribution in [0.2, 0.25) is 0 Å². The molecule has 1 saturated heterocycles. The number of carbonyl (C=O) groups excluding carboxylic acids is 1. The van der Waals surface area contributed by atoms with Crippen LogP contribution in [0.15, 0.2) is 12.7 Å². The molecule has 16 heavy (non-hydrogen) atoms. The summed E-state index contributed by atoms with van der Waals surface area (Å²) in [7, 11) is 0. The molecule has 0 radical (unpaired) electrons. The molecule has 0 aromatic rings. The minimum Gasteiger partial charge on any atom is -0.393 e. The first-order valence-electron chi connectivity index (χ1n) is 5.87. The second-order valence-corrected chi connectivity index (χ2v) is 4.49. The lowest BCUT2D eigenvalue weighted by Gasteiger charge is -2.23. The van der Waals surface area contributed by atoms with Crippen LogP contribution in [0.4, 0.5) is 0 Å². The summed E-state index contributed by atoms with van der Waals surface area (Å²) in [6.45, 7) is 9.49. The van der Waals surface area contributed by atoms with E-state index in [1.54, 1.807) is 6.08 Å². The second kappa shape index (κ2) is 6.01. The fourth-order valence-electron chi connectivity index (χ4n) is 2.05. The van der Waals surface area contributed by atoms with E-state index in [9.17, 15) is 9.90 Å². The predicted molar refractivity (Wildman–Crippen MR) is 64.0 cm³/mol. The van der Waals surface area contributed by atoms with Crippen LogP contribution in [-0.4, -0.2) is 47.7 Å². The zero-order chi connectivity index (χ0) is 12.1. The zero-order valence-corrected chi connectivity index (χ0v) is 10.1. The first-order chi connectivity index (χ1) is 7.56. The van der Waals surface area contributed by atoms with Gasteiger partial charge >= 0.3 is 0 Å². The molecule has 1 amide bonds. The molecule has 4 nitrogen and oxygen atoms in total. The van der Waals surface area contributed by atoms with E-state index in [0.29, 0.717) is 12.5 Å². The van der Waals surface area contributed by atoms with Gasteiger partial charge in [-0.15, -0.1) is 6.58 Å². The third kappa shape index (κ3) is 3.32. The highest BCUT2D eigenvalue weighted by molar-refractivity contribution is 5.81. The third-order valence-electron chi connectivity index (χ3n) is 3.29. The van der Waals surface area contributed by atoms with Gasteiger partial charge in [0, 0.05) is 13.1 Å². The summed E-state index contributed by atoms with van der Waals surface area (Å²) in [4.78, 5) is 13.8. The molecule has 1 fully saturated rings. The molecule has 0 spiro atoms. The maximum absolute atomic E-state index is 11.7. The molecule has 1 aliphatic rings. The van der Waals surface area contributed by atoms with Gasteiger partial charge in [0.15, 0.2) is 0 Å². The number of aliphatic hydroxyl groups is 1. The van der Waals surface area contributed by atoms with Crippen molar-refractivity contribution in [3.8, 4) is 0 Å². The van der Waals surface area contributed by atoms with Crippen molar-refractivity contribution in [1.82, 2.24) is 10.2 Å². The summed E-state index contributed by atoms with van der Waals surface area (Å²) < 4.78 is 0. The monoisotopic (exact) mass is 226 g/mol. The van der Waals surface area contributed by atoms with E-state index in [0.717, 1.165) is 19.5 Å². The fraction of sp³-hybridized carbons (Fsp3) is 0.750. The van der Waals surface area contributed by atoms with Crippen LogP contribution < -0.4 is 5.32 Å². The average molecular weight is 226 g/mol. The van der Waals surface area contributed by atoms with E-state index in [1.807, 2.05) is 13.8 Å². The van der Waals surface area contributed by atoms with Crippen molar-refractivity contribution in [1.29, 1.82) is 0 Å². The standard InChI is InChI=1S/C12H22N2O2/c1-4-6-13-12(16)9(2)14-7-5-11(8-14)10(3)15/h4,9-11,15H,1,5-8H2,2-3H3,(H,13,16). The fourth-order valence-corrected chi connectivity index (χ4v) is 2.05. The quantitative estimate of drug-likeness (QED) is 0.666. The summed E-state index contributed by atoms with van der Waals surface area (Å²) in [5.41, 5.74) is 0. The van der Waals surface area contributed by atoms with Gasteiger partial charge in [-0.2, -0.15) is 0 Å². The van der Waals surface area contributed by atoms with Crippen molar-refractivity contribution < 1.29 is 9.90 Å². The van der Waals surface area contributed by atoms with Crippen LogP contribution in [0.25, 0.3) is 0 Å². The normalized spacial score (nSPS) is 25.1. The van der Waals surface area contributed by atoms with E-state index in [1.165, 1.54) is 0 Å². The Kier molecular flexibility index (Phi) is 4.96. The molecule has 0 aliphatic carbocycles. The smallest absolute Gasteiger partial charge is 0.237 e. The third-order valence-corrected chi connectivity index (χ3v) is 3.29. The molecule has 0 aromatic heterocycles. The zero-order valence-electron chi connectivity index (χ0n) is 10.1. The predicted octanol–water partition coefficient (Wildman–Crippen LogP) is 0.380. The van der Waals surface area contributed by atoms with Crippen LogP contribution in [0.3, 0.4) is 0 Å². The highest BCUT2D eigenvalue weighted by Gasteiger charge is 2.31. The molecule has 4 heteroatoms. The van der Waals surface area contributed by atoms with Crippen molar-refractivity contribution in [3.63, 3.8) is 0 Å². The Labute approximate surface area is 97.3 Å². The molecule has 1 rings (SSSR count). The van der Waals surface area contributed by atoms with E-state index < -0.39 is 0 Å². The summed E-state index contributed by atoms with van der Waals surface area (Å²) in [6.07, 6.45) is 2.36. The van der Waals surface area contributed by atoms with Crippen LogP contribution >= 0.6 is 0 Å². The Hall–Kier alpha value is -0.870. The minimum atomic E-state index is -0.284. The molecule has 3 unspecified atom stereocenters. The van der Waals surface area contributed by atoms with Crippen molar-refractivity contribution in [3.05, 3.63) is 12.7 Å². The number of likely N-dealkylation sites (tertiary alicyclic amines) is 1. The van der Waals surface area contributed by atoms with Gasteiger partial charge < -0.3 is 10.4 Å². The van der Waals surface area contributed by atoms with Gasteiger partial charge in [-0.1, -0.05) is 6.08 Å². The lowest BCUT2D eigenvalue weighted by atomic mass is 10.0. The van der Waals surface area contributed by atoms with E-state index >= 15 is 0 Å². The molecule has 3 atom stereocenters. The molecular weight excluding hydrogens is 204 g/mol. The van der Waals surface area contributed by atoms with Crippen molar-refractivity contribution >= 4 is 5.91 Å². The molecule has 0 saturated carbocycles. The number of nitrogens with zero attached hydrogens (tertiary/aromatic N) is 1. The lowest BCUT2D eigenvalue weighted by molar-refractivity contribution is -0.125. The highest BCUT2D eigenvalue weighted by atomic mass is 16.3. The van der Waals surface area contributed by atoms with Gasteiger partial charge in [0.2, 0.25) is 5.91 Å². The number of hydrogen-bond acceptors (Lipinski definition) is 3. The Bertz CT molecular complexity index is 253. The van der Waals surface area contributed by atoms with Crippen molar-refractivity contribution in [2.24, 2.45) is 5.92 Å². The SMILES string of the molecule is C=CCNC(=O)C(C)N1CCC(C(C)O)C1. The van der Waals surface area contributed by atoms with E-state index in [4.69, 9.17) is 0 Å². The van der Waals surface area contributed by atoms with E-state index in [2.05, 4.69) is 16.8 Å². The Morgan fingerprint density at radius 2 is 2.38 bits per heavy atom. The maximum Gasteiger partial charge on any atom is 0.237 e. The first kappa shape index (κ1) is 13.2. The van der Waals surface area contributed by atoms with Gasteiger partial charge in [0.1, 0.15) is 0 Å². The topological polar surface area (TPSA) is 52.6 Å². The molecule has 0 aromatic carbocycles. The van der Waals surface area contributed by atoms with Gasteiger partial charge in [0.05, 0.1) is 12.1 Å². The molecule has 1 heterocycles. The van der Waals surface area contributed by atoms with Gasteiger partial charge in [-0.05, 0) is 32.7 Å². The number of aliphatic hydroxyl groups excluding tert-OH is 1. The summed E-state index contributed by atoms with van der Waals surface area (Å²) >= 11 is 0. The number of rotatable bonds is 5. The average Bonchev–Trinajstić information content (AvgIpc) is 2.74. The lowest BCUT2D eigenvalue weighted by Crippen LogP contribution is -2.44. The van der Waals surface area contributed by atoms with E-state index in [-0.39, 0.29) is 18.1 Å². The molecule has 1 aliphatic heterocycles. The van der Waals surface area contributed by atoms with Crippen LogP contribution in [0.5, 0.6) is 0 Å². The highest BCUT2D eigenvalue weighted by Crippen LogP contribution is 2.21. The summed E-state index contributed by atoms with van der Waals surface area (Å²) in [5.74, 6) is 0.334. The van der Waals surface area contributed by atoms with Gasteiger partial charge in [-0.3, -0.25) is 9.69 Å². The minimum absolute atomic E-state index is 0.0335. The second-order valence-electron chi connectivity index (χ2n) is 4.49. The number of amides is 1. The van der Waals surface area contributed by atoms with Gasteiger partial charge in [-0.25, -0.2) is 0 Å². The number of nitrogens with one attached hydrogen (secondary N) is 1. The molecule has 2 N–H and O–H groups in total. The largest absolute Gasteiger partial charge is 0.393 e. The molecule has 0 bridgehead atoms. The summed E-state index contributed by atoms with van der Waals surface area (Å²) in [5, 5.41) is 12.3. The maximum atomic E-state index is 11.7. The van der Waals surface area contributed by atoms with Crippen molar-refractivity contribution in [2.75, 3.05) is 19.6 Å². The van der Waals surface area contributed by atoms with Gasteiger partial charge in [0.25, 0.3) is 0 Å². The van der Waals surface area contributed by atoms with Crippen molar-refractivity contribution in [2.45, 2.75) is 32.4 Å². The van der Waals surface area contributed by atoms with Crippen LogP contribution in [0.1, 0.15) is 20.3 Å². The first-order valence-corrected chi connectivity index (χ1v) is 5.87. The van der Waals surface area contributed by atoms with Crippen LogP contribution in [-0.2, 0) is 4.79 Å². The van der Waals surface area contributed by atoms with Crippen LogP contribution in [0, 0.1) is 5.92 Å². The summed E-state index contributed by atoms with van der Waals surface area (Å²) in [6, 6.07) is -0.122.